The van der Waals surface area contributed by atoms with E-state index in [-0.39, 0.29) is 16.9 Å². The molecular weight excluding hydrogens is 292 g/mol. The lowest BCUT2D eigenvalue weighted by molar-refractivity contribution is 0.0626. The fraction of sp³-hybridized carbons (Fsp3) is 0.706. The van der Waals surface area contributed by atoms with Crippen molar-refractivity contribution < 1.29 is 9.15 Å². The highest BCUT2D eigenvalue weighted by molar-refractivity contribution is 5.24. The Labute approximate surface area is 136 Å². The zero-order chi connectivity index (χ0) is 16.2. The summed E-state index contributed by atoms with van der Waals surface area (Å²) in [5.41, 5.74) is 0.396. The number of aromatic nitrogens is 4. The Bertz CT molecular complexity index is 675. The van der Waals surface area contributed by atoms with Gasteiger partial charge >= 0.3 is 0 Å². The van der Waals surface area contributed by atoms with Crippen LogP contribution in [0.2, 0.25) is 0 Å². The van der Waals surface area contributed by atoms with E-state index in [1.54, 1.807) is 6.20 Å². The fourth-order valence-corrected chi connectivity index (χ4v) is 4.05. The van der Waals surface area contributed by atoms with Crippen LogP contribution in [0.3, 0.4) is 0 Å². The molecule has 23 heavy (non-hydrogen) atoms. The monoisotopic (exact) mass is 316 g/mol. The second kappa shape index (κ2) is 4.90. The molecule has 1 aliphatic heterocycles. The Kier molecular flexibility index (Phi) is 3.17. The Morgan fingerprint density at radius 1 is 1.17 bits per heavy atom. The largest absolute Gasteiger partial charge is 0.422 e. The van der Waals surface area contributed by atoms with E-state index in [4.69, 9.17) is 9.15 Å². The zero-order valence-electron chi connectivity index (χ0n) is 14.2. The Morgan fingerprint density at radius 3 is 2.57 bits per heavy atom. The highest BCUT2D eigenvalue weighted by Gasteiger charge is 2.67. The standard InChI is InChI=1S/C17H24N4O2/c1-16(2)13(17(16,3)4)15-20-19-14(23-15)12-11(5-8-22-12)9-21-7-6-18-10-21/h6-7,10-13H,5,8-9H2,1-4H3/t11-,12-/m0/s1. The zero-order valence-corrected chi connectivity index (χ0v) is 14.2. The van der Waals surface area contributed by atoms with E-state index in [2.05, 4.69) is 47.4 Å². The first kappa shape index (κ1) is 14.9. The van der Waals surface area contributed by atoms with Gasteiger partial charge in [0.1, 0.15) is 6.10 Å². The molecule has 2 aromatic heterocycles. The van der Waals surface area contributed by atoms with Crippen molar-refractivity contribution in [3.05, 3.63) is 30.5 Å². The maximum Gasteiger partial charge on any atom is 0.245 e. The third-order valence-electron chi connectivity index (χ3n) is 6.19. The summed E-state index contributed by atoms with van der Waals surface area (Å²) < 4.78 is 14.0. The van der Waals surface area contributed by atoms with Crippen LogP contribution in [0.5, 0.6) is 0 Å². The van der Waals surface area contributed by atoms with E-state index in [0.717, 1.165) is 25.5 Å². The summed E-state index contributed by atoms with van der Waals surface area (Å²) in [5.74, 6) is 2.05. The highest BCUT2D eigenvalue weighted by atomic mass is 16.5. The lowest BCUT2D eigenvalue weighted by atomic mass is 10.0. The van der Waals surface area contributed by atoms with Crippen LogP contribution in [0.4, 0.5) is 0 Å². The smallest absolute Gasteiger partial charge is 0.245 e. The quantitative estimate of drug-likeness (QED) is 0.866. The van der Waals surface area contributed by atoms with E-state index in [0.29, 0.717) is 17.7 Å². The molecule has 6 heteroatoms. The molecule has 1 saturated heterocycles. The van der Waals surface area contributed by atoms with Gasteiger partial charge in [0.25, 0.3) is 0 Å². The number of hydrogen-bond acceptors (Lipinski definition) is 5. The number of nitrogens with zero attached hydrogens (tertiary/aromatic N) is 4. The van der Waals surface area contributed by atoms with E-state index in [1.807, 2.05) is 12.5 Å². The third-order valence-corrected chi connectivity index (χ3v) is 6.19. The van der Waals surface area contributed by atoms with Crippen molar-refractivity contribution in [2.24, 2.45) is 16.7 Å². The molecule has 3 heterocycles. The van der Waals surface area contributed by atoms with E-state index < -0.39 is 0 Å². The molecule has 0 aromatic carbocycles. The number of rotatable bonds is 4. The Hall–Kier alpha value is -1.69. The van der Waals surface area contributed by atoms with Crippen LogP contribution in [0, 0.1) is 16.7 Å². The van der Waals surface area contributed by atoms with Crippen LogP contribution in [-0.2, 0) is 11.3 Å². The molecular formula is C17H24N4O2. The first-order chi connectivity index (χ1) is 10.9. The van der Waals surface area contributed by atoms with Gasteiger partial charge in [-0.25, -0.2) is 4.98 Å². The normalized spacial score (nSPS) is 29.0. The fourth-order valence-electron chi connectivity index (χ4n) is 4.05. The number of ether oxygens (including phenoxy) is 1. The molecule has 0 unspecified atom stereocenters. The molecule has 0 radical (unpaired) electrons. The predicted octanol–water partition coefficient (Wildman–Crippen LogP) is 3.19. The van der Waals surface area contributed by atoms with Gasteiger partial charge in [-0.3, -0.25) is 0 Å². The summed E-state index contributed by atoms with van der Waals surface area (Å²) in [4.78, 5) is 4.10. The highest BCUT2D eigenvalue weighted by Crippen LogP contribution is 2.73. The molecule has 2 aliphatic rings. The molecule has 2 atom stereocenters. The minimum atomic E-state index is -0.108. The van der Waals surface area contributed by atoms with Gasteiger partial charge in [-0.2, -0.15) is 0 Å². The first-order valence-corrected chi connectivity index (χ1v) is 8.32. The molecule has 4 rings (SSSR count). The second-order valence-electron chi connectivity index (χ2n) is 7.95. The van der Waals surface area contributed by atoms with E-state index in [9.17, 15) is 0 Å². The van der Waals surface area contributed by atoms with Crippen LogP contribution in [0.25, 0.3) is 0 Å². The van der Waals surface area contributed by atoms with Crippen molar-refractivity contribution in [3.8, 4) is 0 Å². The predicted molar refractivity (Wildman–Crippen MR) is 83.6 cm³/mol. The van der Waals surface area contributed by atoms with Crippen molar-refractivity contribution in [1.82, 2.24) is 19.7 Å². The molecule has 0 amide bonds. The van der Waals surface area contributed by atoms with Crippen molar-refractivity contribution >= 4 is 0 Å². The molecule has 2 fully saturated rings. The molecule has 0 bridgehead atoms. The van der Waals surface area contributed by atoms with Crippen molar-refractivity contribution in [2.45, 2.75) is 52.7 Å². The van der Waals surface area contributed by atoms with Gasteiger partial charge in [0.05, 0.1) is 6.33 Å². The van der Waals surface area contributed by atoms with Gasteiger partial charge in [-0.05, 0) is 17.3 Å². The van der Waals surface area contributed by atoms with Gasteiger partial charge in [0.2, 0.25) is 11.8 Å². The third kappa shape index (κ3) is 2.23. The Morgan fingerprint density at radius 2 is 1.91 bits per heavy atom. The second-order valence-corrected chi connectivity index (χ2v) is 7.95. The van der Waals surface area contributed by atoms with Gasteiger partial charge < -0.3 is 13.7 Å². The molecule has 124 valence electrons. The SMILES string of the molecule is CC1(C)C(c2nnc([C@H]3OCC[C@H]3Cn3ccnc3)o2)C1(C)C. The van der Waals surface area contributed by atoms with Gasteiger partial charge in [-0.15, -0.1) is 10.2 Å². The van der Waals surface area contributed by atoms with E-state index >= 15 is 0 Å². The van der Waals surface area contributed by atoms with Gasteiger partial charge in [0.15, 0.2) is 0 Å². The maximum absolute atomic E-state index is 6.04. The van der Waals surface area contributed by atoms with Crippen LogP contribution in [0.1, 0.15) is 57.9 Å². The number of imidazole rings is 1. The van der Waals surface area contributed by atoms with E-state index in [1.165, 1.54) is 0 Å². The molecule has 2 aromatic rings. The summed E-state index contributed by atoms with van der Waals surface area (Å²) in [7, 11) is 0. The van der Waals surface area contributed by atoms with Crippen molar-refractivity contribution in [1.29, 1.82) is 0 Å². The summed E-state index contributed by atoms with van der Waals surface area (Å²) in [6.07, 6.45) is 6.50. The molecule has 0 spiro atoms. The summed E-state index contributed by atoms with van der Waals surface area (Å²) in [6, 6.07) is 0. The average molecular weight is 316 g/mol. The molecule has 6 nitrogen and oxygen atoms in total. The van der Waals surface area contributed by atoms with Gasteiger partial charge in [0, 0.05) is 37.4 Å². The topological polar surface area (TPSA) is 66.0 Å². The average Bonchev–Trinajstić information content (AvgIpc) is 3.08. The lowest BCUT2D eigenvalue weighted by Crippen LogP contribution is -2.14. The summed E-state index contributed by atoms with van der Waals surface area (Å²) >= 11 is 0. The molecule has 1 saturated carbocycles. The van der Waals surface area contributed by atoms with Crippen molar-refractivity contribution in [3.63, 3.8) is 0 Å². The van der Waals surface area contributed by atoms with Crippen molar-refractivity contribution in [2.75, 3.05) is 6.61 Å². The molecule has 1 aliphatic carbocycles. The summed E-state index contributed by atoms with van der Waals surface area (Å²) in [5, 5.41) is 8.63. The lowest BCUT2D eigenvalue weighted by Gasteiger charge is -2.15. The minimum Gasteiger partial charge on any atom is -0.422 e. The number of hydrogen-bond donors (Lipinski definition) is 0. The summed E-state index contributed by atoms with van der Waals surface area (Å²) in [6.45, 7) is 10.6. The van der Waals surface area contributed by atoms with Crippen LogP contribution >= 0.6 is 0 Å². The molecule has 0 N–H and O–H groups in total. The maximum atomic E-state index is 6.04. The minimum absolute atomic E-state index is 0.108. The first-order valence-electron chi connectivity index (χ1n) is 8.32. The van der Waals surface area contributed by atoms with Crippen LogP contribution in [-0.4, -0.2) is 26.4 Å². The van der Waals surface area contributed by atoms with Crippen LogP contribution in [0.15, 0.2) is 23.1 Å². The Balaban J connectivity index is 1.52. The van der Waals surface area contributed by atoms with Crippen LogP contribution < -0.4 is 0 Å². The van der Waals surface area contributed by atoms with Gasteiger partial charge in [-0.1, -0.05) is 27.7 Å².